The predicted molar refractivity (Wildman–Crippen MR) is 203 cm³/mol. The maximum atomic E-state index is 14.5. The molecule has 4 heterocycles. The van der Waals surface area contributed by atoms with Gasteiger partial charge in [0.15, 0.2) is 0 Å². The topological polar surface area (TPSA) is 193 Å². The number of sulfonamides is 1. The molecule has 7 rings (SSSR count). The van der Waals surface area contributed by atoms with Gasteiger partial charge in [-0.3, -0.25) is 28.7 Å². The van der Waals surface area contributed by atoms with E-state index >= 15 is 0 Å². The van der Waals surface area contributed by atoms with Gasteiger partial charge in [0, 0.05) is 30.5 Å². The first-order valence-electron chi connectivity index (χ1n) is 19.7. The molecular formula is C40H50N6O8S. The fourth-order valence-corrected chi connectivity index (χ4v) is 9.19. The van der Waals surface area contributed by atoms with Crippen LogP contribution in [0.4, 0.5) is 0 Å². The molecule has 2 saturated carbocycles. The van der Waals surface area contributed by atoms with E-state index < -0.39 is 68.5 Å². The molecule has 2 aliphatic carbocycles. The van der Waals surface area contributed by atoms with Crippen molar-refractivity contribution in [3.8, 4) is 17.0 Å². The summed E-state index contributed by atoms with van der Waals surface area (Å²) in [6.45, 7) is 0.489. The van der Waals surface area contributed by atoms with Gasteiger partial charge in [0.1, 0.15) is 29.1 Å². The molecule has 5 atom stereocenters. The first kappa shape index (κ1) is 38.5. The Balaban J connectivity index is 1.18. The summed E-state index contributed by atoms with van der Waals surface area (Å²) < 4.78 is 33.8. The minimum absolute atomic E-state index is 0.0211. The number of carbonyl (C=O) groups is 5. The summed E-state index contributed by atoms with van der Waals surface area (Å²) in [5.74, 6) is -2.36. The number of amides is 5. The Bertz CT molecular complexity index is 1950. The fraction of sp³-hybridized carbons (Fsp3) is 0.550. The third-order valence-corrected chi connectivity index (χ3v) is 13.0. The van der Waals surface area contributed by atoms with E-state index in [0.29, 0.717) is 56.6 Å². The van der Waals surface area contributed by atoms with Crippen LogP contribution in [0.25, 0.3) is 11.3 Å². The number of benzene rings is 1. The number of aromatic nitrogens is 1. The van der Waals surface area contributed by atoms with Crippen LogP contribution >= 0.6 is 0 Å². The fourth-order valence-electron chi connectivity index (χ4n) is 7.83. The highest BCUT2D eigenvalue weighted by Gasteiger charge is 2.62. The molecule has 1 unspecified atom stereocenters. The number of pyridine rings is 1. The number of rotatable bonds is 3. The molecule has 1 aromatic heterocycles. The van der Waals surface area contributed by atoms with Crippen molar-refractivity contribution in [1.82, 2.24) is 30.6 Å². The highest BCUT2D eigenvalue weighted by atomic mass is 32.2. The molecule has 0 radical (unpaired) electrons. The van der Waals surface area contributed by atoms with Gasteiger partial charge < -0.3 is 25.6 Å². The monoisotopic (exact) mass is 774 g/mol. The van der Waals surface area contributed by atoms with Crippen LogP contribution in [-0.2, 0) is 29.2 Å². The standard InChI is InChI=1S/C40H50N6O8S/c47-35-18-8-4-5-9-21-54-29-14-10-12-26(22-29)31-16-11-17-32(42-31)36(48)41-28-23-34-37(49)44-40(39(51)45-55(52,53)30-19-20-30)24-27(40)13-6-2-1-3-7-15-33(43-35)38(50)46(34)25-28/h6,10-14,16-17,22,27-28,30,33-34H,1-5,7-9,15,18-21,23-25H2,(H,41,48)(H,43,47)(H,44,49)(H,45,51)/b13-6-/t27-,28-,33+,34+,40?/m1/s1. The van der Waals surface area contributed by atoms with Crippen molar-refractivity contribution in [2.24, 2.45) is 5.92 Å². The van der Waals surface area contributed by atoms with Crippen LogP contribution in [0.15, 0.2) is 54.6 Å². The van der Waals surface area contributed by atoms with Gasteiger partial charge in [-0.15, -0.1) is 0 Å². The van der Waals surface area contributed by atoms with E-state index in [1.807, 2.05) is 36.4 Å². The zero-order chi connectivity index (χ0) is 38.6. The number of fused-ring (bicyclic) bond motifs is 8. The average molecular weight is 775 g/mol. The smallest absolute Gasteiger partial charge is 0.270 e. The number of hydrogen-bond donors (Lipinski definition) is 4. The van der Waals surface area contributed by atoms with Crippen LogP contribution in [-0.4, -0.2) is 89.9 Å². The van der Waals surface area contributed by atoms with E-state index in [0.717, 1.165) is 37.7 Å². The minimum atomic E-state index is -3.89. The summed E-state index contributed by atoms with van der Waals surface area (Å²) in [6.07, 6.45) is 11.7. The van der Waals surface area contributed by atoms with Crippen molar-refractivity contribution < 1.29 is 37.1 Å². The Hall–Kier alpha value is -4.79. The zero-order valence-corrected chi connectivity index (χ0v) is 31.8. The van der Waals surface area contributed by atoms with E-state index in [1.165, 1.54) is 4.90 Å². The lowest BCUT2D eigenvalue weighted by Crippen LogP contribution is -2.58. The van der Waals surface area contributed by atoms with Gasteiger partial charge in [-0.25, -0.2) is 13.4 Å². The lowest BCUT2D eigenvalue weighted by atomic mass is 10.0. The molecule has 1 saturated heterocycles. The van der Waals surface area contributed by atoms with Crippen LogP contribution in [0, 0.1) is 5.92 Å². The lowest BCUT2D eigenvalue weighted by Gasteiger charge is -2.30. The quantitative estimate of drug-likeness (QED) is 0.339. The third kappa shape index (κ3) is 9.20. The maximum Gasteiger partial charge on any atom is 0.270 e. The molecule has 14 nitrogen and oxygen atoms in total. The minimum Gasteiger partial charge on any atom is -0.494 e. The van der Waals surface area contributed by atoms with Gasteiger partial charge in [0.2, 0.25) is 27.7 Å². The van der Waals surface area contributed by atoms with E-state index in [4.69, 9.17) is 4.74 Å². The molecule has 3 fully saturated rings. The Labute approximate surface area is 321 Å². The Morgan fingerprint density at radius 3 is 2.53 bits per heavy atom. The first-order chi connectivity index (χ1) is 26.5. The number of carbonyl (C=O) groups excluding carboxylic acids is 5. The number of nitrogens with one attached hydrogen (secondary N) is 4. The van der Waals surface area contributed by atoms with Crippen LogP contribution < -0.4 is 25.4 Å². The van der Waals surface area contributed by atoms with Crippen LogP contribution in [0.1, 0.15) is 100 Å². The van der Waals surface area contributed by atoms with Crippen LogP contribution in [0.3, 0.4) is 0 Å². The summed E-state index contributed by atoms with van der Waals surface area (Å²) in [5, 5.41) is 8.15. The molecule has 4 N–H and O–H groups in total. The van der Waals surface area contributed by atoms with Crippen molar-refractivity contribution in [1.29, 1.82) is 0 Å². The van der Waals surface area contributed by atoms with E-state index in [1.54, 1.807) is 18.2 Å². The Kier molecular flexibility index (Phi) is 11.6. The third-order valence-electron chi connectivity index (χ3n) is 11.2. The summed E-state index contributed by atoms with van der Waals surface area (Å²) >= 11 is 0. The molecule has 15 heteroatoms. The van der Waals surface area contributed by atoms with E-state index in [9.17, 15) is 32.4 Å². The van der Waals surface area contributed by atoms with Gasteiger partial charge in [-0.2, -0.15) is 0 Å². The van der Waals surface area contributed by atoms with Gasteiger partial charge in [0.05, 0.1) is 17.6 Å². The summed E-state index contributed by atoms with van der Waals surface area (Å²) in [6, 6.07) is 9.95. The van der Waals surface area contributed by atoms with Crippen LogP contribution in [0.2, 0.25) is 0 Å². The van der Waals surface area contributed by atoms with Gasteiger partial charge in [0.25, 0.3) is 11.8 Å². The molecular weight excluding hydrogens is 725 g/mol. The second-order valence-electron chi connectivity index (χ2n) is 15.5. The van der Waals surface area contributed by atoms with Gasteiger partial charge in [-0.05, 0) is 82.1 Å². The van der Waals surface area contributed by atoms with E-state index in [-0.39, 0.29) is 37.4 Å². The highest BCUT2D eigenvalue weighted by Crippen LogP contribution is 2.46. The van der Waals surface area contributed by atoms with Crippen LogP contribution in [0.5, 0.6) is 5.75 Å². The van der Waals surface area contributed by atoms with E-state index in [2.05, 4.69) is 25.7 Å². The maximum absolute atomic E-state index is 14.5. The highest BCUT2D eigenvalue weighted by molar-refractivity contribution is 7.91. The Morgan fingerprint density at radius 1 is 0.909 bits per heavy atom. The number of ether oxygens (including phenoxy) is 1. The molecule has 7 bridgehead atoms. The van der Waals surface area contributed by atoms with Gasteiger partial charge >= 0.3 is 0 Å². The number of allylic oxidation sites excluding steroid dienone is 1. The Morgan fingerprint density at radius 2 is 1.69 bits per heavy atom. The van der Waals surface area contributed by atoms with Crippen molar-refractivity contribution in [2.45, 2.75) is 119 Å². The molecule has 294 valence electrons. The zero-order valence-electron chi connectivity index (χ0n) is 31.0. The predicted octanol–water partition coefficient (Wildman–Crippen LogP) is 3.28. The summed E-state index contributed by atoms with van der Waals surface area (Å²) in [7, 11) is -3.89. The van der Waals surface area contributed by atoms with Crippen molar-refractivity contribution in [2.75, 3.05) is 13.2 Å². The summed E-state index contributed by atoms with van der Waals surface area (Å²) in [4.78, 5) is 75.5. The molecule has 0 spiro atoms. The molecule has 5 amide bonds. The molecule has 5 aliphatic rings. The lowest BCUT2D eigenvalue weighted by molar-refractivity contribution is -0.142. The molecule has 55 heavy (non-hydrogen) atoms. The van der Waals surface area contributed by atoms with Crippen molar-refractivity contribution >= 4 is 39.6 Å². The first-order valence-corrected chi connectivity index (χ1v) is 21.2. The normalized spacial score (nSPS) is 29.0. The largest absolute Gasteiger partial charge is 0.494 e. The molecule has 1 aromatic carbocycles. The van der Waals surface area contributed by atoms with Gasteiger partial charge in [-0.1, -0.05) is 56.0 Å². The summed E-state index contributed by atoms with van der Waals surface area (Å²) in [5.41, 5.74) is -0.00573. The molecule has 3 aliphatic heterocycles. The second kappa shape index (κ2) is 16.5. The average Bonchev–Trinajstić information content (AvgIpc) is 4.10. The van der Waals surface area contributed by atoms with Crippen molar-refractivity contribution in [3.63, 3.8) is 0 Å². The number of nitrogens with zero attached hydrogens (tertiary/aromatic N) is 2. The SMILES string of the molecule is O=C1CCCCCCOc2cccc(c2)-c2cccc(n2)C(=O)N[C@@H]2C[C@H]3C(=O)NC4(C(=O)NS(=O)(=O)C5CC5)C[C@H]4/C=C\CCCCC[C@H](N1)C(=O)N3C2. The second-order valence-corrected chi connectivity index (χ2v) is 17.5. The number of hydrogen-bond acceptors (Lipinski definition) is 9. The molecule has 2 aromatic rings. The van der Waals surface area contributed by atoms with Crippen molar-refractivity contribution in [3.05, 3.63) is 60.3 Å².